The molecule has 6 aromatic rings. The molecule has 0 aliphatic carbocycles. The van der Waals surface area contributed by atoms with Crippen LogP contribution in [0.4, 0.5) is 11.4 Å². The van der Waals surface area contributed by atoms with E-state index in [2.05, 4.69) is 123 Å². The smallest absolute Gasteiger partial charge is 0.210 e. The topological polar surface area (TPSA) is 120 Å². The fourth-order valence-corrected chi connectivity index (χ4v) is 10.2. The van der Waals surface area contributed by atoms with Gasteiger partial charge in [-0.1, -0.05) is 96.8 Å². The molecular weight excluding hydrogens is 789 g/mol. The number of benzene rings is 6. The van der Waals surface area contributed by atoms with Crippen molar-refractivity contribution in [2.24, 2.45) is 0 Å². The van der Waals surface area contributed by atoms with Gasteiger partial charge in [-0.05, 0) is 112 Å². The third-order valence-corrected chi connectivity index (χ3v) is 14.5. The van der Waals surface area contributed by atoms with Gasteiger partial charge in [0.2, 0.25) is 11.4 Å². The summed E-state index contributed by atoms with van der Waals surface area (Å²) in [6, 6.07) is 38.8. The van der Waals surface area contributed by atoms with Gasteiger partial charge in [0.25, 0.3) is 0 Å². The average molecular weight is 845 g/mol. The second-order valence-electron chi connectivity index (χ2n) is 16.4. The van der Waals surface area contributed by atoms with Crippen LogP contribution in [0.2, 0.25) is 0 Å². The van der Waals surface area contributed by atoms with E-state index >= 15 is 0 Å². The Morgan fingerprint density at radius 1 is 0.483 bits per heavy atom. The van der Waals surface area contributed by atoms with Gasteiger partial charge in [-0.2, -0.15) is 9.15 Å². The molecule has 0 radical (unpaired) electrons. The summed E-state index contributed by atoms with van der Waals surface area (Å²) in [5.74, 6) is 0. The van der Waals surface area contributed by atoms with Gasteiger partial charge in [0.15, 0.2) is 11.4 Å². The molecule has 0 bridgehead atoms. The lowest BCUT2D eigenvalue weighted by molar-refractivity contribution is -0.434. The van der Waals surface area contributed by atoms with Crippen LogP contribution in [0.3, 0.4) is 0 Å². The molecule has 0 saturated carbocycles. The van der Waals surface area contributed by atoms with Crippen molar-refractivity contribution >= 4 is 64.6 Å². The van der Waals surface area contributed by atoms with Crippen LogP contribution in [0.1, 0.15) is 89.5 Å². The van der Waals surface area contributed by atoms with Gasteiger partial charge in [-0.15, -0.1) is 0 Å². The van der Waals surface area contributed by atoms with Gasteiger partial charge in [0, 0.05) is 37.1 Å². The van der Waals surface area contributed by atoms with Crippen molar-refractivity contribution in [1.82, 2.24) is 0 Å². The molecule has 2 atom stereocenters. The summed E-state index contributed by atoms with van der Waals surface area (Å²) < 4.78 is 67.4. The Balaban J connectivity index is 0.000000223. The highest BCUT2D eigenvalue weighted by Crippen LogP contribution is 2.49. The van der Waals surface area contributed by atoms with E-state index in [4.69, 9.17) is 0 Å². The molecule has 0 spiro atoms. The monoisotopic (exact) mass is 844 g/mol. The van der Waals surface area contributed by atoms with E-state index in [1.165, 1.54) is 94.3 Å². The lowest BCUT2D eigenvalue weighted by Gasteiger charge is -2.26. The van der Waals surface area contributed by atoms with E-state index < -0.39 is 20.2 Å². The summed E-state index contributed by atoms with van der Waals surface area (Å²) >= 11 is 0. The number of aryl methyl sites for hydroxylation is 2. The van der Waals surface area contributed by atoms with Gasteiger partial charge >= 0.3 is 0 Å². The van der Waals surface area contributed by atoms with E-state index in [-0.39, 0.29) is 20.6 Å². The molecule has 60 heavy (non-hydrogen) atoms. The second kappa shape index (κ2) is 17.5. The van der Waals surface area contributed by atoms with Gasteiger partial charge in [0.05, 0.1) is 20.6 Å². The van der Waals surface area contributed by atoms with Crippen LogP contribution in [-0.4, -0.2) is 59.6 Å². The zero-order chi connectivity index (χ0) is 43.6. The van der Waals surface area contributed by atoms with Crippen molar-refractivity contribution in [3.05, 3.63) is 144 Å². The Morgan fingerprint density at radius 2 is 0.817 bits per heavy atom. The minimum atomic E-state index is -4.27. The predicted molar refractivity (Wildman–Crippen MR) is 242 cm³/mol. The zero-order valence-electron chi connectivity index (χ0n) is 36.0. The highest BCUT2D eigenvalue weighted by molar-refractivity contribution is 7.86. The Hall–Kier alpha value is -5.00. The van der Waals surface area contributed by atoms with Gasteiger partial charge < -0.3 is 9.11 Å². The normalized spacial score (nSPS) is 18.5. The largest absolute Gasteiger partial charge is 0.744 e. The van der Waals surface area contributed by atoms with Gasteiger partial charge in [0.1, 0.15) is 33.3 Å². The number of nitrogens with zero attached hydrogens (tertiary/aromatic N) is 2. The van der Waals surface area contributed by atoms with Gasteiger partial charge in [-0.25, -0.2) is 16.8 Å². The Kier molecular flexibility index (Phi) is 13.0. The molecule has 8 rings (SSSR count). The van der Waals surface area contributed by atoms with Crippen molar-refractivity contribution in [1.29, 1.82) is 0 Å². The number of unbranched alkanes of at least 4 members (excludes halogenated alkanes) is 1. The van der Waals surface area contributed by atoms with E-state index in [1.807, 2.05) is 13.8 Å². The number of hydrogen-bond donors (Lipinski definition) is 0. The SMILES string of the molecule is CC[N+]1=C(C)C(C)(CCCCC2(C)C(C)=[N+](CC)c3ccc4ccccc4c32)c2c1ccc1ccccc21.Cc1ccc(S(=O)(=O)[O-])cc1.Cc1ccc(S(=O)(=O)[O-])cc1. The van der Waals surface area contributed by atoms with Gasteiger partial charge in [-0.3, -0.25) is 0 Å². The second-order valence-corrected chi connectivity index (χ2v) is 19.2. The third-order valence-electron chi connectivity index (χ3n) is 12.8. The molecule has 10 heteroatoms. The van der Waals surface area contributed by atoms with Crippen LogP contribution < -0.4 is 0 Å². The summed E-state index contributed by atoms with van der Waals surface area (Å²) in [5, 5.41) is 5.56. The highest BCUT2D eigenvalue weighted by atomic mass is 32.2. The summed E-state index contributed by atoms with van der Waals surface area (Å²) in [7, 11) is -8.54. The van der Waals surface area contributed by atoms with E-state index in [0.717, 1.165) is 24.2 Å². The maximum Gasteiger partial charge on any atom is 0.210 e. The van der Waals surface area contributed by atoms with Crippen LogP contribution in [0.15, 0.2) is 131 Å². The molecule has 2 heterocycles. The molecular formula is C50H56N2O6S2. The number of fused-ring (bicyclic) bond motifs is 6. The summed E-state index contributed by atoms with van der Waals surface area (Å²) in [6.07, 6.45) is 4.82. The number of rotatable bonds is 9. The molecule has 0 N–H and O–H groups in total. The molecule has 0 saturated heterocycles. The molecule has 2 unspecified atom stereocenters. The predicted octanol–water partition coefficient (Wildman–Crippen LogP) is 10.8. The first-order valence-corrected chi connectivity index (χ1v) is 23.5. The van der Waals surface area contributed by atoms with Crippen molar-refractivity contribution in [2.75, 3.05) is 13.1 Å². The lowest BCUT2D eigenvalue weighted by atomic mass is 9.71. The quantitative estimate of drug-likeness (QED) is 0.0812. The molecule has 0 aromatic heterocycles. The molecule has 314 valence electrons. The van der Waals surface area contributed by atoms with Crippen LogP contribution in [-0.2, 0) is 31.1 Å². The Morgan fingerprint density at radius 3 is 1.13 bits per heavy atom. The van der Waals surface area contributed by atoms with Crippen LogP contribution in [0.25, 0.3) is 21.5 Å². The highest BCUT2D eigenvalue weighted by Gasteiger charge is 2.49. The van der Waals surface area contributed by atoms with E-state index in [0.29, 0.717) is 0 Å². The third kappa shape index (κ3) is 8.75. The molecule has 2 aliphatic rings. The standard InChI is InChI=1S/C36H42N2.2C7H8O3S/c1-7-37-25(3)35(5,33-29-17-11-9-15-27(29)19-21-31(33)37)23-13-14-24-36(6)26(4)38(8-2)32-22-20-28-16-10-12-18-30(28)34(32)36;2*1-6-2-4-7(5-3-6)11(8,9)10/h9-12,15-22H,7-8,13-14,23-24H2,1-6H3;2*2-5H,1H3,(H,8,9,10)/q+2;;/p-2. The first-order valence-electron chi connectivity index (χ1n) is 20.7. The molecule has 2 aliphatic heterocycles. The summed E-state index contributed by atoms with van der Waals surface area (Å²) in [5.41, 5.74) is 10.9. The number of hydrogen-bond acceptors (Lipinski definition) is 6. The van der Waals surface area contributed by atoms with Crippen molar-refractivity contribution in [3.63, 3.8) is 0 Å². The minimum Gasteiger partial charge on any atom is -0.744 e. The van der Waals surface area contributed by atoms with Crippen LogP contribution >= 0.6 is 0 Å². The fourth-order valence-electron chi connectivity index (χ4n) is 9.24. The molecule has 6 aromatic carbocycles. The molecule has 0 fully saturated rings. The van der Waals surface area contributed by atoms with Crippen LogP contribution in [0.5, 0.6) is 0 Å². The summed E-state index contributed by atoms with van der Waals surface area (Å²) in [4.78, 5) is -0.355. The first kappa shape index (κ1) is 44.5. The lowest BCUT2D eigenvalue weighted by Crippen LogP contribution is -2.32. The van der Waals surface area contributed by atoms with Crippen molar-refractivity contribution < 1.29 is 35.1 Å². The minimum absolute atomic E-state index is 0.0710. The molecule has 0 amide bonds. The Bertz CT molecular complexity index is 2650. The average Bonchev–Trinajstić information content (AvgIpc) is 3.58. The van der Waals surface area contributed by atoms with Crippen LogP contribution in [0, 0.1) is 13.8 Å². The van der Waals surface area contributed by atoms with Crippen molar-refractivity contribution in [3.8, 4) is 0 Å². The molecule has 8 nitrogen and oxygen atoms in total. The zero-order valence-corrected chi connectivity index (χ0v) is 37.6. The first-order chi connectivity index (χ1) is 28.3. The summed E-state index contributed by atoms with van der Waals surface area (Å²) in [6.45, 7) is 20.0. The maximum absolute atomic E-state index is 10.4. The maximum atomic E-state index is 10.4. The van der Waals surface area contributed by atoms with Crippen molar-refractivity contribution in [2.45, 2.75) is 102 Å². The van der Waals surface area contributed by atoms with E-state index in [1.54, 1.807) is 35.4 Å². The van der Waals surface area contributed by atoms with E-state index in [9.17, 15) is 25.9 Å². The fraction of sp³-hybridized carbons (Fsp3) is 0.320. The Labute approximate surface area is 356 Å².